The number of carbonyl (C=O) groups excluding carboxylic acids is 1. The molecule has 1 aromatic heterocycles. The van der Waals surface area contributed by atoms with E-state index in [0.29, 0.717) is 17.6 Å². The predicted octanol–water partition coefficient (Wildman–Crippen LogP) is 1.77. The van der Waals surface area contributed by atoms with Crippen molar-refractivity contribution in [3.8, 4) is 0 Å². The number of nitrogens with two attached hydrogens (primary N) is 1. The highest BCUT2D eigenvalue weighted by Crippen LogP contribution is 2.32. The smallest absolute Gasteiger partial charge is 0.229 e. The van der Waals surface area contributed by atoms with Crippen LogP contribution in [0.2, 0.25) is 0 Å². The van der Waals surface area contributed by atoms with E-state index >= 15 is 0 Å². The van der Waals surface area contributed by atoms with Crippen LogP contribution in [0.5, 0.6) is 0 Å². The minimum Gasteiger partial charge on any atom is -0.330 e. The molecule has 1 saturated carbocycles. The average Bonchev–Trinajstić information content (AvgIpc) is 2.86. The number of rotatable bonds is 3. The molecule has 16 heavy (non-hydrogen) atoms. The van der Waals surface area contributed by atoms with Crippen LogP contribution < -0.4 is 11.1 Å². The number of thiazole rings is 1. The highest BCUT2D eigenvalue weighted by Gasteiger charge is 2.32. The minimum atomic E-state index is 0.0780. The van der Waals surface area contributed by atoms with Gasteiger partial charge in [-0.15, -0.1) is 11.3 Å². The summed E-state index contributed by atoms with van der Waals surface area (Å²) in [7, 11) is 0. The van der Waals surface area contributed by atoms with Crippen LogP contribution in [-0.4, -0.2) is 17.4 Å². The predicted molar refractivity (Wildman–Crippen MR) is 65.4 cm³/mol. The van der Waals surface area contributed by atoms with E-state index in [0.717, 1.165) is 25.0 Å². The first kappa shape index (κ1) is 11.5. The molecule has 0 spiro atoms. The highest BCUT2D eigenvalue weighted by molar-refractivity contribution is 7.13. The van der Waals surface area contributed by atoms with Gasteiger partial charge in [0.2, 0.25) is 5.91 Å². The van der Waals surface area contributed by atoms with Crippen molar-refractivity contribution < 1.29 is 4.79 Å². The summed E-state index contributed by atoms with van der Waals surface area (Å²) in [6.45, 7) is 2.53. The first-order valence-electron chi connectivity index (χ1n) is 5.63. The van der Waals surface area contributed by atoms with Gasteiger partial charge >= 0.3 is 0 Å². The van der Waals surface area contributed by atoms with E-state index in [1.807, 2.05) is 12.3 Å². The molecule has 1 aromatic rings. The van der Waals surface area contributed by atoms with Crippen LogP contribution in [0.15, 0.2) is 5.38 Å². The standard InChI is InChI=1S/C11H17N3OS/c1-7-6-16-11(13-7)14-10(15)9-4-2-3-8(9)5-12/h6,8-9H,2-5,12H2,1H3,(H,13,14,15). The molecule has 1 amide bonds. The molecule has 0 aromatic carbocycles. The highest BCUT2D eigenvalue weighted by atomic mass is 32.1. The van der Waals surface area contributed by atoms with E-state index in [9.17, 15) is 4.79 Å². The van der Waals surface area contributed by atoms with Gasteiger partial charge in [0.15, 0.2) is 5.13 Å². The average molecular weight is 239 g/mol. The van der Waals surface area contributed by atoms with Crippen LogP contribution in [0, 0.1) is 18.8 Å². The molecular formula is C11H17N3OS. The fourth-order valence-corrected chi connectivity index (χ4v) is 2.96. The van der Waals surface area contributed by atoms with Gasteiger partial charge in [-0.05, 0) is 32.2 Å². The van der Waals surface area contributed by atoms with Crippen LogP contribution in [0.1, 0.15) is 25.0 Å². The molecule has 2 rings (SSSR count). The maximum Gasteiger partial charge on any atom is 0.229 e. The van der Waals surface area contributed by atoms with Crippen molar-refractivity contribution in [2.24, 2.45) is 17.6 Å². The van der Waals surface area contributed by atoms with Crippen LogP contribution in [0.3, 0.4) is 0 Å². The first-order valence-corrected chi connectivity index (χ1v) is 6.51. The lowest BCUT2D eigenvalue weighted by atomic mass is 9.95. The molecule has 5 heteroatoms. The van der Waals surface area contributed by atoms with Gasteiger partial charge in [-0.3, -0.25) is 4.79 Å². The molecule has 2 unspecified atom stereocenters. The van der Waals surface area contributed by atoms with Crippen molar-refractivity contribution in [1.82, 2.24) is 4.98 Å². The number of aromatic nitrogens is 1. The lowest BCUT2D eigenvalue weighted by Gasteiger charge is -2.16. The molecule has 1 heterocycles. The second-order valence-electron chi connectivity index (χ2n) is 4.32. The van der Waals surface area contributed by atoms with Gasteiger partial charge in [0, 0.05) is 11.3 Å². The zero-order chi connectivity index (χ0) is 11.5. The number of nitrogens with one attached hydrogen (secondary N) is 1. The van der Waals surface area contributed by atoms with Gasteiger partial charge < -0.3 is 11.1 Å². The molecule has 2 atom stereocenters. The van der Waals surface area contributed by atoms with Crippen molar-refractivity contribution in [2.75, 3.05) is 11.9 Å². The summed E-state index contributed by atoms with van der Waals surface area (Å²) in [5, 5.41) is 5.52. The number of nitrogens with zero attached hydrogens (tertiary/aromatic N) is 1. The van der Waals surface area contributed by atoms with Gasteiger partial charge in [0.05, 0.1) is 5.69 Å². The fourth-order valence-electron chi connectivity index (χ4n) is 2.27. The van der Waals surface area contributed by atoms with Crippen LogP contribution in [0.25, 0.3) is 0 Å². The summed E-state index contributed by atoms with van der Waals surface area (Å²) < 4.78 is 0. The summed E-state index contributed by atoms with van der Waals surface area (Å²) >= 11 is 1.47. The Kier molecular flexibility index (Phi) is 3.56. The van der Waals surface area contributed by atoms with E-state index in [4.69, 9.17) is 5.73 Å². The molecule has 0 aliphatic heterocycles. The second-order valence-corrected chi connectivity index (χ2v) is 5.17. The Labute approximate surface area is 99.3 Å². The molecule has 0 saturated heterocycles. The van der Waals surface area contributed by atoms with E-state index in [1.54, 1.807) is 0 Å². The Bertz CT molecular complexity index is 377. The summed E-state index contributed by atoms with van der Waals surface area (Å²) in [6, 6.07) is 0. The Morgan fingerprint density at radius 3 is 3.12 bits per heavy atom. The largest absolute Gasteiger partial charge is 0.330 e. The maximum atomic E-state index is 12.0. The number of aryl methyl sites for hydroxylation is 1. The van der Waals surface area contributed by atoms with Crippen LogP contribution in [0.4, 0.5) is 5.13 Å². The van der Waals surface area contributed by atoms with Crippen molar-refractivity contribution in [3.05, 3.63) is 11.1 Å². The number of carbonyl (C=O) groups is 1. The number of anilines is 1. The Morgan fingerprint density at radius 1 is 1.69 bits per heavy atom. The number of hydrogen-bond acceptors (Lipinski definition) is 4. The molecule has 1 fully saturated rings. The Balaban J connectivity index is 1.97. The summed E-state index contributed by atoms with van der Waals surface area (Å²) in [6.07, 6.45) is 3.14. The molecule has 1 aliphatic carbocycles. The topological polar surface area (TPSA) is 68.0 Å². The molecule has 1 aliphatic rings. The third-order valence-electron chi connectivity index (χ3n) is 3.15. The monoisotopic (exact) mass is 239 g/mol. The molecule has 4 nitrogen and oxygen atoms in total. The van der Waals surface area contributed by atoms with Gasteiger partial charge in [-0.2, -0.15) is 0 Å². The van der Waals surface area contributed by atoms with E-state index in [2.05, 4.69) is 10.3 Å². The van der Waals surface area contributed by atoms with Crippen LogP contribution in [-0.2, 0) is 4.79 Å². The normalized spacial score (nSPS) is 24.6. The van der Waals surface area contributed by atoms with Crippen molar-refractivity contribution in [1.29, 1.82) is 0 Å². The van der Waals surface area contributed by atoms with E-state index < -0.39 is 0 Å². The summed E-state index contributed by atoms with van der Waals surface area (Å²) in [5.74, 6) is 0.512. The Morgan fingerprint density at radius 2 is 2.50 bits per heavy atom. The summed E-state index contributed by atoms with van der Waals surface area (Å²) in [4.78, 5) is 16.2. The Hall–Kier alpha value is -0.940. The number of amides is 1. The van der Waals surface area contributed by atoms with E-state index in [1.165, 1.54) is 11.3 Å². The molecule has 0 bridgehead atoms. The maximum absolute atomic E-state index is 12.0. The molecule has 88 valence electrons. The lowest BCUT2D eigenvalue weighted by molar-refractivity contribution is -0.120. The molecule has 3 N–H and O–H groups in total. The zero-order valence-electron chi connectivity index (χ0n) is 9.40. The van der Waals surface area contributed by atoms with Gasteiger partial charge in [-0.25, -0.2) is 4.98 Å². The number of hydrogen-bond donors (Lipinski definition) is 2. The lowest BCUT2D eigenvalue weighted by Crippen LogP contribution is -2.29. The second kappa shape index (κ2) is 4.93. The summed E-state index contributed by atoms with van der Waals surface area (Å²) in [5.41, 5.74) is 6.61. The SMILES string of the molecule is Cc1csc(NC(=O)C2CCCC2CN)n1. The molecule has 0 radical (unpaired) electrons. The van der Waals surface area contributed by atoms with Crippen LogP contribution >= 0.6 is 11.3 Å². The first-order chi connectivity index (χ1) is 7.70. The van der Waals surface area contributed by atoms with E-state index in [-0.39, 0.29) is 11.8 Å². The molecular weight excluding hydrogens is 222 g/mol. The van der Waals surface area contributed by atoms with Gasteiger partial charge in [0.25, 0.3) is 0 Å². The zero-order valence-corrected chi connectivity index (χ0v) is 10.2. The minimum absolute atomic E-state index is 0.0780. The third-order valence-corrected chi connectivity index (χ3v) is 4.02. The van der Waals surface area contributed by atoms with Gasteiger partial charge in [-0.1, -0.05) is 6.42 Å². The van der Waals surface area contributed by atoms with Crippen molar-refractivity contribution in [3.63, 3.8) is 0 Å². The van der Waals surface area contributed by atoms with Crippen molar-refractivity contribution in [2.45, 2.75) is 26.2 Å². The quantitative estimate of drug-likeness (QED) is 0.844. The third kappa shape index (κ3) is 2.41. The van der Waals surface area contributed by atoms with Crippen molar-refractivity contribution >= 4 is 22.4 Å². The van der Waals surface area contributed by atoms with Gasteiger partial charge in [0.1, 0.15) is 0 Å². The fraction of sp³-hybridized carbons (Fsp3) is 0.636.